The zero-order valence-electron chi connectivity index (χ0n) is 19.5. The van der Waals surface area contributed by atoms with Gasteiger partial charge >= 0.3 is 0 Å². The van der Waals surface area contributed by atoms with Crippen molar-refractivity contribution in [3.63, 3.8) is 0 Å². The molecule has 0 N–H and O–H groups in total. The van der Waals surface area contributed by atoms with Crippen molar-refractivity contribution in [2.75, 3.05) is 19.6 Å². The summed E-state index contributed by atoms with van der Waals surface area (Å²) in [6, 6.07) is 21.2. The third kappa shape index (κ3) is 5.66. The molecule has 5 nitrogen and oxygen atoms in total. The minimum Gasteiger partial charge on any atom is -0.330 e. The molecule has 2 aromatic carbocycles. The highest BCUT2D eigenvalue weighted by molar-refractivity contribution is 7.92. The molecule has 3 aromatic rings. The fourth-order valence-electron chi connectivity index (χ4n) is 4.30. The molecule has 2 heterocycles. The van der Waals surface area contributed by atoms with Crippen LogP contribution in [0.15, 0.2) is 77.5 Å². The van der Waals surface area contributed by atoms with Crippen LogP contribution in [0.25, 0.3) is 6.08 Å². The number of rotatable bonds is 8. The monoisotopic (exact) mass is 494 g/mol. The zero-order valence-corrected chi connectivity index (χ0v) is 21.1. The third-order valence-electron chi connectivity index (χ3n) is 5.87. The maximum atomic E-state index is 13.6. The number of carbonyl (C=O) groups excluding carboxylic acids is 1. The van der Waals surface area contributed by atoms with Crippen LogP contribution in [0.4, 0.5) is 0 Å². The minimum absolute atomic E-state index is 0.0856. The Bertz CT molecular complexity index is 1240. The second-order valence-corrected chi connectivity index (χ2v) is 11.7. The predicted molar refractivity (Wildman–Crippen MR) is 139 cm³/mol. The highest BCUT2D eigenvalue weighted by Gasteiger charge is 2.34. The standard InChI is InChI=1S/C27H30N2O3S2/c1-21(2)19-28(34(31,32)18-15-22-9-5-3-6-10-22)20-26(30)29-16-13-25-24(14-17-33-25)27(29)23-11-7-4-8-12-23/h3-12,14-15,17-18,21,27H,13,16,19-20H2,1-2H3. The van der Waals surface area contributed by atoms with Crippen molar-refractivity contribution in [2.24, 2.45) is 5.92 Å². The topological polar surface area (TPSA) is 57.7 Å². The molecule has 1 amide bonds. The maximum absolute atomic E-state index is 13.6. The number of amides is 1. The van der Waals surface area contributed by atoms with Gasteiger partial charge in [0.2, 0.25) is 15.9 Å². The number of thiophene rings is 1. The number of benzene rings is 2. The van der Waals surface area contributed by atoms with Gasteiger partial charge in [0.05, 0.1) is 12.6 Å². The predicted octanol–water partition coefficient (Wildman–Crippen LogP) is 5.18. The van der Waals surface area contributed by atoms with E-state index in [0.29, 0.717) is 6.54 Å². The number of carbonyl (C=O) groups is 1. The summed E-state index contributed by atoms with van der Waals surface area (Å²) >= 11 is 1.72. The Labute approximate surface area is 206 Å². The molecule has 0 saturated heterocycles. The summed E-state index contributed by atoms with van der Waals surface area (Å²) in [5.74, 6) is -0.0921. The first-order chi connectivity index (χ1) is 16.3. The van der Waals surface area contributed by atoms with Gasteiger partial charge in [-0.15, -0.1) is 11.3 Å². The lowest BCUT2D eigenvalue weighted by molar-refractivity contribution is -0.133. The van der Waals surface area contributed by atoms with Crippen molar-refractivity contribution in [1.82, 2.24) is 9.21 Å². The Kier molecular flexibility index (Phi) is 7.66. The molecule has 4 rings (SSSR count). The molecule has 0 fully saturated rings. The van der Waals surface area contributed by atoms with Crippen molar-refractivity contribution in [1.29, 1.82) is 0 Å². The molecule has 1 aromatic heterocycles. The van der Waals surface area contributed by atoms with Gasteiger partial charge in [0, 0.05) is 23.4 Å². The number of sulfonamides is 1. The van der Waals surface area contributed by atoms with Crippen LogP contribution in [0.3, 0.4) is 0 Å². The maximum Gasteiger partial charge on any atom is 0.238 e. The first-order valence-electron chi connectivity index (χ1n) is 11.5. The fraction of sp³-hybridized carbons (Fsp3) is 0.296. The summed E-state index contributed by atoms with van der Waals surface area (Å²) in [6.07, 6.45) is 2.37. The number of fused-ring (bicyclic) bond motifs is 1. The SMILES string of the molecule is CC(C)CN(CC(=O)N1CCc2sccc2C1c1ccccc1)S(=O)(=O)C=Cc1ccccc1. The van der Waals surface area contributed by atoms with Crippen LogP contribution in [0.5, 0.6) is 0 Å². The van der Waals surface area contributed by atoms with Gasteiger partial charge in [-0.25, -0.2) is 8.42 Å². The Balaban J connectivity index is 1.60. The van der Waals surface area contributed by atoms with E-state index in [9.17, 15) is 13.2 Å². The molecular weight excluding hydrogens is 464 g/mol. The molecule has 1 aliphatic rings. The molecule has 0 bridgehead atoms. The Morgan fingerprint density at radius 1 is 1.09 bits per heavy atom. The van der Waals surface area contributed by atoms with Crippen molar-refractivity contribution >= 4 is 33.3 Å². The normalized spacial score (nSPS) is 16.4. The fourth-order valence-corrected chi connectivity index (χ4v) is 6.50. The minimum atomic E-state index is -3.77. The van der Waals surface area contributed by atoms with Crippen molar-refractivity contribution in [2.45, 2.75) is 26.3 Å². The van der Waals surface area contributed by atoms with E-state index in [-0.39, 0.29) is 31.0 Å². The summed E-state index contributed by atoms with van der Waals surface area (Å²) in [6.45, 7) is 4.59. The molecular formula is C27H30N2O3S2. The quantitative estimate of drug-likeness (QED) is 0.434. The van der Waals surface area contributed by atoms with Gasteiger partial charge in [-0.1, -0.05) is 74.5 Å². The summed E-state index contributed by atoms with van der Waals surface area (Å²) in [5.41, 5.74) is 2.97. The second-order valence-electron chi connectivity index (χ2n) is 8.89. The van der Waals surface area contributed by atoms with Crippen LogP contribution in [-0.2, 0) is 21.2 Å². The summed E-state index contributed by atoms with van der Waals surface area (Å²) in [7, 11) is -3.77. The Morgan fingerprint density at radius 3 is 2.44 bits per heavy atom. The first-order valence-corrected chi connectivity index (χ1v) is 13.9. The smallest absolute Gasteiger partial charge is 0.238 e. The van der Waals surface area contributed by atoms with Crippen molar-refractivity contribution < 1.29 is 13.2 Å². The molecule has 1 atom stereocenters. The van der Waals surface area contributed by atoms with Gasteiger partial charge in [0.25, 0.3) is 0 Å². The Morgan fingerprint density at radius 2 is 1.76 bits per heavy atom. The van der Waals surface area contributed by atoms with Crippen LogP contribution in [0, 0.1) is 5.92 Å². The van der Waals surface area contributed by atoms with Crippen LogP contribution < -0.4 is 0 Å². The average Bonchev–Trinajstić information content (AvgIpc) is 3.31. The van der Waals surface area contributed by atoms with Crippen molar-refractivity contribution in [3.8, 4) is 0 Å². The molecule has 178 valence electrons. The third-order valence-corrected chi connectivity index (χ3v) is 8.35. The van der Waals surface area contributed by atoms with E-state index in [1.165, 1.54) is 14.6 Å². The molecule has 0 radical (unpaired) electrons. The van der Waals surface area contributed by atoms with Gasteiger partial charge in [-0.05, 0) is 46.6 Å². The highest BCUT2D eigenvalue weighted by Crippen LogP contribution is 2.37. The van der Waals surface area contributed by atoms with Crippen LogP contribution in [0.1, 0.15) is 41.5 Å². The number of nitrogens with zero attached hydrogens (tertiary/aromatic N) is 2. The molecule has 0 spiro atoms. The van der Waals surface area contributed by atoms with Crippen LogP contribution in [0.2, 0.25) is 0 Å². The average molecular weight is 495 g/mol. The zero-order chi connectivity index (χ0) is 24.1. The van der Waals surface area contributed by atoms with E-state index >= 15 is 0 Å². The highest BCUT2D eigenvalue weighted by atomic mass is 32.2. The van der Waals surface area contributed by atoms with Crippen molar-refractivity contribution in [3.05, 3.63) is 99.1 Å². The summed E-state index contributed by atoms with van der Waals surface area (Å²) in [5, 5.41) is 3.28. The van der Waals surface area contributed by atoms with Gasteiger partial charge in [-0.3, -0.25) is 4.79 Å². The lowest BCUT2D eigenvalue weighted by atomic mass is 9.93. The second kappa shape index (κ2) is 10.7. The first kappa shape index (κ1) is 24.4. The van der Waals surface area contributed by atoms with E-state index in [0.717, 1.165) is 23.1 Å². The van der Waals surface area contributed by atoms with E-state index in [2.05, 4.69) is 11.4 Å². The molecule has 1 aliphatic heterocycles. The van der Waals surface area contributed by atoms with Gasteiger partial charge < -0.3 is 4.90 Å². The van der Waals surface area contributed by atoms with Gasteiger partial charge in [0.15, 0.2) is 0 Å². The molecule has 0 aliphatic carbocycles. The molecule has 1 unspecified atom stereocenters. The summed E-state index contributed by atoms with van der Waals surface area (Å²) in [4.78, 5) is 16.8. The van der Waals surface area contributed by atoms with Crippen LogP contribution >= 0.6 is 11.3 Å². The summed E-state index contributed by atoms with van der Waals surface area (Å²) < 4.78 is 27.8. The van der Waals surface area contributed by atoms with Gasteiger partial charge in [0.1, 0.15) is 0 Å². The lowest BCUT2D eigenvalue weighted by Gasteiger charge is -2.37. The lowest BCUT2D eigenvalue weighted by Crippen LogP contribution is -2.47. The Hall–Kier alpha value is -2.74. The largest absolute Gasteiger partial charge is 0.330 e. The van der Waals surface area contributed by atoms with E-state index in [1.807, 2.05) is 79.4 Å². The van der Waals surface area contributed by atoms with Crippen LogP contribution in [-0.4, -0.2) is 43.2 Å². The number of hydrogen-bond acceptors (Lipinski definition) is 4. The van der Waals surface area contributed by atoms with E-state index in [4.69, 9.17) is 0 Å². The molecule has 0 saturated carbocycles. The van der Waals surface area contributed by atoms with E-state index in [1.54, 1.807) is 17.4 Å². The number of hydrogen-bond donors (Lipinski definition) is 0. The van der Waals surface area contributed by atoms with Gasteiger partial charge in [-0.2, -0.15) is 4.31 Å². The van der Waals surface area contributed by atoms with E-state index < -0.39 is 10.0 Å². The molecule has 7 heteroatoms. The molecule has 34 heavy (non-hydrogen) atoms.